The van der Waals surface area contributed by atoms with E-state index in [9.17, 15) is 0 Å². The van der Waals surface area contributed by atoms with Crippen LogP contribution < -0.4 is 4.90 Å². The fourth-order valence-electron chi connectivity index (χ4n) is 2.99. The van der Waals surface area contributed by atoms with Gasteiger partial charge in [-0.1, -0.05) is 0 Å². The van der Waals surface area contributed by atoms with E-state index in [1.54, 1.807) is 0 Å². The zero-order valence-electron chi connectivity index (χ0n) is 9.82. The van der Waals surface area contributed by atoms with Crippen molar-refractivity contribution in [3.05, 3.63) is 18.0 Å². The van der Waals surface area contributed by atoms with Crippen LogP contribution in [0, 0.1) is 0 Å². The lowest BCUT2D eigenvalue weighted by atomic mass is 9.91. The number of nitrogens with one attached hydrogen (secondary N) is 1. The Labute approximate surface area is 100 Å². The van der Waals surface area contributed by atoms with E-state index in [2.05, 4.69) is 20.1 Å². The number of nitrogens with zero attached hydrogens (tertiary/aromatic N) is 3. The summed E-state index contributed by atoms with van der Waals surface area (Å²) in [5.74, 6) is 1.16. The molecule has 0 spiro atoms. The van der Waals surface area contributed by atoms with E-state index < -0.39 is 0 Å². The van der Waals surface area contributed by atoms with Gasteiger partial charge in [-0.05, 0) is 38.2 Å². The topological polar surface area (TPSA) is 44.8 Å². The molecule has 0 radical (unpaired) electrons. The summed E-state index contributed by atoms with van der Waals surface area (Å²) < 4.78 is 0. The van der Waals surface area contributed by atoms with Crippen LogP contribution in [0.2, 0.25) is 0 Å². The number of hydrogen-bond donors (Lipinski definition) is 1. The molecule has 0 aromatic carbocycles. The predicted octanol–water partition coefficient (Wildman–Crippen LogP) is 2.26. The number of H-pyrrole nitrogens is 1. The quantitative estimate of drug-likeness (QED) is 0.814. The summed E-state index contributed by atoms with van der Waals surface area (Å²) >= 11 is 0. The molecule has 2 aliphatic rings. The number of aromatic amines is 1. The molecule has 4 rings (SSSR count). The highest BCUT2D eigenvalue weighted by Gasteiger charge is 2.29. The molecule has 0 atom stereocenters. The standard InChI is InChI=1S/C13H16N4/c1-3-9(4-1)17-8-2-5-10-12-11(16-15-10)6-7-14-13(12)17/h6-7,9H,1-5,8H2,(H,15,16). The molecule has 1 aliphatic carbocycles. The molecule has 2 aromatic heterocycles. The van der Waals surface area contributed by atoms with Crippen LogP contribution in [0.25, 0.3) is 10.9 Å². The van der Waals surface area contributed by atoms with Gasteiger partial charge in [-0.25, -0.2) is 4.98 Å². The zero-order chi connectivity index (χ0) is 11.2. The number of pyridine rings is 1. The molecule has 4 heteroatoms. The smallest absolute Gasteiger partial charge is 0.140 e. The van der Waals surface area contributed by atoms with Crippen LogP contribution in [0.15, 0.2) is 12.3 Å². The average molecular weight is 228 g/mol. The Balaban J connectivity index is 1.91. The summed E-state index contributed by atoms with van der Waals surface area (Å²) in [6.45, 7) is 1.14. The first-order chi connectivity index (χ1) is 8.43. The SMILES string of the molecule is c1cc2n[nH]c3c2c(n1)N(C1CCC1)CCC3. The fraction of sp³-hybridized carbons (Fsp3) is 0.538. The third kappa shape index (κ3) is 1.30. The van der Waals surface area contributed by atoms with Crippen LogP contribution in [0.3, 0.4) is 0 Å². The van der Waals surface area contributed by atoms with Crippen LogP contribution in [-0.2, 0) is 6.42 Å². The molecule has 4 nitrogen and oxygen atoms in total. The van der Waals surface area contributed by atoms with E-state index in [0.29, 0.717) is 6.04 Å². The van der Waals surface area contributed by atoms with Gasteiger partial charge in [0.05, 0.1) is 10.9 Å². The monoisotopic (exact) mass is 228 g/mol. The maximum atomic E-state index is 4.62. The van der Waals surface area contributed by atoms with Gasteiger partial charge in [0.15, 0.2) is 0 Å². The van der Waals surface area contributed by atoms with Crippen molar-refractivity contribution >= 4 is 16.7 Å². The van der Waals surface area contributed by atoms with Crippen LogP contribution in [0.4, 0.5) is 5.82 Å². The summed E-state index contributed by atoms with van der Waals surface area (Å²) in [5, 5.41) is 8.81. The van der Waals surface area contributed by atoms with Gasteiger partial charge < -0.3 is 4.90 Å². The number of hydrogen-bond acceptors (Lipinski definition) is 3. The van der Waals surface area contributed by atoms with Crippen molar-refractivity contribution in [3.8, 4) is 0 Å². The van der Waals surface area contributed by atoms with Crippen molar-refractivity contribution in [1.82, 2.24) is 15.2 Å². The van der Waals surface area contributed by atoms with Crippen LogP contribution in [0.1, 0.15) is 31.4 Å². The minimum absolute atomic E-state index is 0.717. The van der Waals surface area contributed by atoms with Crippen LogP contribution in [-0.4, -0.2) is 27.8 Å². The largest absolute Gasteiger partial charge is 0.353 e. The van der Waals surface area contributed by atoms with Gasteiger partial charge in [-0.15, -0.1) is 0 Å². The number of aryl methyl sites for hydroxylation is 1. The highest BCUT2D eigenvalue weighted by molar-refractivity contribution is 5.92. The van der Waals surface area contributed by atoms with Crippen molar-refractivity contribution in [2.75, 3.05) is 11.4 Å². The van der Waals surface area contributed by atoms with Gasteiger partial charge in [-0.2, -0.15) is 5.10 Å². The van der Waals surface area contributed by atoms with Gasteiger partial charge in [-0.3, -0.25) is 5.10 Å². The Morgan fingerprint density at radius 2 is 2.24 bits per heavy atom. The van der Waals surface area contributed by atoms with Crippen LogP contribution in [0.5, 0.6) is 0 Å². The third-order valence-electron chi connectivity index (χ3n) is 4.14. The number of aromatic nitrogens is 3. The van der Waals surface area contributed by atoms with E-state index in [-0.39, 0.29) is 0 Å². The molecule has 1 N–H and O–H groups in total. The minimum atomic E-state index is 0.717. The lowest BCUT2D eigenvalue weighted by Crippen LogP contribution is -2.41. The minimum Gasteiger partial charge on any atom is -0.353 e. The molecule has 0 bridgehead atoms. The molecule has 3 heterocycles. The number of rotatable bonds is 1. The molecule has 0 saturated heterocycles. The van der Waals surface area contributed by atoms with E-state index in [1.165, 1.54) is 36.8 Å². The molecular weight excluding hydrogens is 212 g/mol. The second-order valence-electron chi connectivity index (χ2n) is 5.11. The Hall–Kier alpha value is -1.58. The lowest BCUT2D eigenvalue weighted by Gasteiger charge is -2.38. The molecule has 0 amide bonds. The predicted molar refractivity (Wildman–Crippen MR) is 67.2 cm³/mol. The van der Waals surface area contributed by atoms with E-state index in [1.807, 2.05) is 12.3 Å². The molecule has 1 fully saturated rings. The maximum absolute atomic E-state index is 4.62. The second-order valence-corrected chi connectivity index (χ2v) is 5.11. The first-order valence-corrected chi connectivity index (χ1v) is 6.52. The van der Waals surface area contributed by atoms with Crippen molar-refractivity contribution in [2.24, 2.45) is 0 Å². The molecule has 88 valence electrons. The molecule has 17 heavy (non-hydrogen) atoms. The van der Waals surface area contributed by atoms with Gasteiger partial charge >= 0.3 is 0 Å². The van der Waals surface area contributed by atoms with Crippen molar-refractivity contribution < 1.29 is 0 Å². The first kappa shape index (κ1) is 9.45. The van der Waals surface area contributed by atoms with E-state index in [0.717, 1.165) is 24.3 Å². The Bertz CT molecular complexity index is 556. The molecule has 2 aromatic rings. The van der Waals surface area contributed by atoms with E-state index in [4.69, 9.17) is 0 Å². The molecule has 1 saturated carbocycles. The Morgan fingerprint density at radius 1 is 1.29 bits per heavy atom. The molecular formula is C13H16N4. The van der Waals surface area contributed by atoms with Gasteiger partial charge in [0.25, 0.3) is 0 Å². The van der Waals surface area contributed by atoms with Crippen molar-refractivity contribution in [3.63, 3.8) is 0 Å². The normalized spacial score (nSPS) is 20.4. The first-order valence-electron chi connectivity index (χ1n) is 6.52. The average Bonchev–Trinajstić information content (AvgIpc) is 2.60. The zero-order valence-corrected chi connectivity index (χ0v) is 9.82. The summed E-state index contributed by atoms with van der Waals surface area (Å²) in [7, 11) is 0. The van der Waals surface area contributed by atoms with Crippen molar-refractivity contribution in [2.45, 2.75) is 38.1 Å². The second kappa shape index (κ2) is 3.45. The summed E-state index contributed by atoms with van der Waals surface area (Å²) in [4.78, 5) is 7.13. The Kier molecular flexibility index (Phi) is 1.92. The summed E-state index contributed by atoms with van der Waals surface area (Å²) in [5.41, 5.74) is 2.33. The maximum Gasteiger partial charge on any atom is 0.140 e. The highest BCUT2D eigenvalue weighted by atomic mass is 15.2. The van der Waals surface area contributed by atoms with Gasteiger partial charge in [0.2, 0.25) is 0 Å². The van der Waals surface area contributed by atoms with Crippen molar-refractivity contribution in [1.29, 1.82) is 0 Å². The van der Waals surface area contributed by atoms with E-state index >= 15 is 0 Å². The Morgan fingerprint density at radius 3 is 3.06 bits per heavy atom. The highest BCUT2D eigenvalue weighted by Crippen LogP contribution is 2.35. The van der Waals surface area contributed by atoms with Gasteiger partial charge in [0.1, 0.15) is 5.82 Å². The molecule has 1 aliphatic heterocycles. The number of anilines is 1. The third-order valence-corrected chi connectivity index (χ3v) is 4.14. The summed E-state index contributed by atoms with van der Waals surface area (Å²) in [6, 6.07) is 2.72. The summed E-state index contributed by atoms with van der Waals surface area (Å²) in [6.07, 6.45) is 8.20. The lowest BCUT2D eigenvalue weighted by molar-refractivity contribution is 0.384. The van der Waals surface area contributed by atoms with Crippen LogP contribution >= 0.6 is 0 Å². The molecule has 0 unspecified atom stereocenters. The van der Waals surface area contributed by atoms with Gasteiger partial charge in [0, 0.05) is 24.5 Å². The fourth-order valence-corrected chi connectivity index (χ4v) is 2.99.